The standard InChI is InChI=1S/C16H18N2O/c1-3-12(2)14-6-4-5-7-15(14)18-16(19)13-8-10-17-11-9-13/h4-12H,3H2,1-2H3,(H,18,19). The minimum atomic E-state index is -0.0989. The highest BCUT2D eigenvalue weighted by atomic mass is 16.1. The topological polar surface area (TPSA) is 42.0 Å². The molecule has 1 unspecified atom stereocenters. The van der Waals surface area contributed by atoms with Crippen LogP contribution in [0, 0.1) is 0 Å². The molecule has 19 heavy (non-hydrogen) atoms. The van der Waals surface area contributed by atoms with Crippen molar-refractivity contribution in [2.75, 3.05) is 5.32 Å². The van der Waals surface area contributed by atoms with Gasteiger partial charge in [0.1, 0.15) is 0 Å². The number of para-hydroxylation sites is 1. The van der Waals surface area contributed by atoms with Gasteiger partial charge < -0.3 is 5.32 Å². The van der Waals surface area contributed by atoms with Crippen molar-refractivity contribution in [2.24, 2.45) is 0 Å². The van der Waals surface area contributed by atoms with Crippen LogP contribution in [0.25, 0.3) is 0 Å². The Morgan fingerprint density at radius 3 is 2.58 bits per heavy atom. The van der Waals surface area contributed by atoms with Gasteiger partial charge in [-0.2, -0.15) is 0 Å². The monoisotopic (exact) mass is 254 g/mol. The van der Waals surface area contributed by atoms with Crippen molar-refractivity contribution in [3.05, 3.63) is 59.9 Å². The first-order chi connectivity index (χ1) is 9.22. The molecule has 1 aromatic carbocycles. The fraction of sp³-hybridized carbons (Fsp3) is 0.250. The zero-order valence-corrected chi connectivity index (χ0v) is 11.3. The van der Waals surface area contributed by atoms with Crippen LogP contribution < -0.4 is 5.32 Å². The summed E-state index contributed by atoms with van der Waals surface area (Å²) in [6.07, 6.45) is 4.28. The number of hydrogen-bond acceptors (Lipinski definition) is 2. The van der Waals surface area contributed by atoms with Gasteiger partial charge in [0.05, 0.1) is 0 Å². The van der Waals surface area contributed by atoms with Gasteiger partial charge in [-0.05, 0) is 36.1 Å². The van der Waals surface area contributed by atoms with Gasteiger partial charge in [0.2, 0.25) is 0 Å². The van der Waals surface area contributed by atoms with Crippen molar-refractivity contribution in [2.45, 2.75) is 26.2 Å². The molecule has 0 fully saturated rings. The number of carbonyl (C=O) groups excluding carboxylic acids is 1. The summed E-state index contributed by atoms with van der Waals surface area (Å²) in [5, 5.41) is 2.98. The summed E-state index contributed by atoms with van der Waals surface area (Å²) >= 11 is 0. The Morgan fingerprint density at radius 1 is 1.21 bits per heavy atom. The molecule has 3 heteroatoms. The lowest BCUT2D eigenvalue weighted by Crippen LogP contribution is -2.13. The van der Waals surface area contributed by atoms with Crippen LogP contribution in [-0.2, 0) is 0 Å². The number of carbonyl (C=O) groups is 1. The molecule has 0 aliphatic rings. The first kappa shape index (κ1) is 13.3. The SMILES string of the molecule is CCC(C)c1ccccc1NC(=O)c1ccncc1. The number of amides is 1. The molecule has 2 aromatic rings. The van der Waals surface area contributed by atoms with Gasteiger partial charge in [-0.25, -0.2) is 0 Å². The second-order valence-corrected chi connectivity index (χ2v) is 4.59. The van der Waals surface area contributed by atoms with Crippen LogP contribution >= 0.6 is 0 Å². The summed E-state index contributed by atoms with van der Waals surface area (Å²) in [5.41, 5.74) is 2.68. The molecule has 0 spiro atoms. The summed E-state index contributed by atoms with van der Waals surface area (Å²) in [4.78, 5) is 16.1. The Hall–Kier alpha value is -2.16. The van der Waals surface area contributed by atoms with Crippen molar-refractivity contribution >= 4 is 11.6 Å². The van der Waals surface area contributed by atoms with Crippen LogP contribution in [0.1, 0.15) is 42.1 Å². The second kappa shape index (κ2) is 6.14. The zero-order chi connectivity index (χ0) is 13.7. The van der Waals surface area contributed by atoms with E-state index in [9.17, 15) is 4.79 Å². The summed E-state index contributed by atoms with van der Waals surface area (Å²) in [6.45, 7) is 4.31. The minimum Gasteiger partial charge on any atom is -0.322 e. The fourth-order valence-corrected chi connectivity index (χ4v) is 1.96. The molecule has 1 amide bonds. The molecule has 3 nitrogen and oxygen atoms in total. The highest BCUT2D eigenvalue weighted by Gasteiger charge is 2.11. The van der Waals surface area contributed by atoms with E-state index in [0.29, 0.717) is 11.5 Å². The van der Waals surface area contributed by atoms with E-state index in [2.05, 4.69) is 30.2 Å². The summed E-state index contributed by atoms with van der Waals surface area (Å²) in [7, 11) is 0. The molecule has 1 heterocycles. The van der Waals surface area contributed by atoms with Crippen molar-refractivity contribution in [1.82, 2.24) is 4.98 Å². The van der Waals surface area contributed by atoms with Crippen LogP contribution in [0.2, 0.25) is 0 Å². The molecule has 0 aliphatic carbocycles. The molecular formula is C16H18N2O. The average Bonchev–Trinajstić information content (AvgIpc) is 2.48. The number of rotatable bonds is 4. The predicted octanol–water partition coefficient (Wildman–Crippen LogP) is 3.85. The molecule has 1 aromatic heterocycles. The summed E-state index contributed by atoms with van der Waals surface area (Å²) < 4.78 is 0. The number of aromatic nitrogens is 1. The van der Waals surface area contributed by atoms with E-state index >= 15 is 0 Å². The largest absolute Gasteiger partial charge is 0.322 e. The maximum Gasteiger partial charge on any atom is 0.255 e. The quantitative estimate of drug-likeness (QED) is 0.900. The Balaban J connectivity index is 2.22. The Kier molecular flexibility index (Phi) is 4.29. The van der Waals surface area contributed by atoms with E-state index in [4.69, 9.17) is 0 Å². The van der Waals surface area contributed by atoms with Crippen molar-refractivity contribution in [3.63, 3.8) is 0 Å². The first-order valence-electron chi connectivity index (χ1n) is 6.52. The summed E-state index contributed by atoms with van der Waals surface area (Å²) in [5.74, 6) is 0.326. The molecule has 0 saturated heterocycles. The van der Waals surface area contributed by atoms with Gasteiger partial charge >= 0.3 is 0 Å². The lowest BCUT2D eigenvalue weighted by molar-refractivity contribution is 0.102. The number of benzene rings is 1. The van der Waals surface area contributed by atoms with Crippen molar-refractivity contribution < 1.29 is 4.79 Å². The van der Waals surface area contributed by atoms with Gasteiger partial charge in [0.25, 0.3) is 5.91 Å². The van der Waals surface area contributed by atoms with E-state index in [-0.39, 0.29) is 5.91 Å². The predicted molar refractivity (Wildman–Crippen MR) is 77.3 cm³/mol. The smallest absolute Gasteiger partial charge is 0.255 e. The van der Waals surface area contributed by atoms with E-state index < -0.39 is 0 Å². The average molecular weight is 254 g/mol. The second-order valence-electron chi connectivity index (χ2n) is 4.59. The van der Waals surface area contributed by atoms with E-state index in [0.717, 1.165) is 12.1 Å². The van der Waals surface area contributed by atoms with E-state index in [1.165, 1.54) is 5.56 Å². The highest BCUT2D eigenvalue weighted by molar-refractivity contribution is 6.04. The third kappa shape index (κ3) is 3.19. The van der Waals surface area contributed by atoms with Crippen LogP contribution in [0.15, 0.2) is 48.8 Å². The highest BCUT2D eigenvalue weighted by Crippen LogP contribution is 2.26. The first-order valence-corrected chi connectivity index (χ1v) is 6.52. The zero-order valence-electron chi connectivity index (χ0n) is 11.3. The fourth-order valence-electron chi connectivity index (χ4n) is 1.96. The maximum absolute atomic E-state index is 12.1. The third-order valence-electron chi connectivity index (χ3n) is 3.29. The molecule has 1 N–H and O–H groups in total. The van der Waals surface area contributed by atoms with Gasteiger partial charge in [0.15, 0.2) is 0 Å². The van der Waals surface area contributed by atoms with Gasteiger partial charge in [-0.1, -0.05) is 32.0 Å². The number of pyridine rings is 1. The van der Waals surface area contributed by atoms with Crippen LogP contribution in [-0.4, -0.2) is 10.9 Å². The van der Waals surface area contributed by atoms with Crippen molar-refractivity contribution in [3.8, 4) is 0 Å². The lowest BCUT2D eigenvalue weighted by atomic mass is 9.97. The summed E-state index contributed by atoms with van der Waals surface area (Å²) in [6, 6.07) is 11.4. The number of hydrogen-bond donors (Lipinski definition) is 1. The molecule has 2 rings (SSSR count). The number of anilines is 1. The molecule has 0 bridgehead atoms. The lowest BCUT2D eigenvalue weighted by Gasteiger charge is -2.15. The number of nitrogens with one attached hydrogen (secondary N) is 1. The Morgan fingerprint density at radius 2 is 1.89 bits per heavy atom. The third-order valence-corrected chi connectivity index (χ3v) is 3.29. The van der Waals surface area contributed by atoms with Crippen LogP contribution in [0.4, 0.5) is 5.69 Å². The number of nitrogens with zero attached hydrogens (tertiary/aromatic N) is 1. The van der Waals surface area contributed by atoms with Gasteiger partial charge in [0, 0.05) is 23.6 Å². The Bertz CT molecular complexity index is 552. The molecular weight excluding hydrogens is 236 g/mol. The molecule has 0 saturated carbocycles. The van der Waals surface area contributed by atoms with E-state index in [1.807, 2.05) is 18.2 Å². The maximum atomic E-state index is 12.1. The van der Waals surface area contributed by atoms with Crippen LogP contribution in [0.3, 0.4) is 0 Å². The molecule has 98 valence electrons. The van der Waals surface area contributed by atoms with Gasteiger partial charge in [-0.15, -0.1) is 0 Å². The molecule has 0 radical (unpaired) electrons. The van der Waals surface area contributed by atoms with Crippen molar-refractivity contribution in [1.29, 1.82) is 0 Å². The normalized spacial score (nSPS) is 11.9. The molecule has 0 aliphatic heterocycles. The van der Waals surface area contributed by atoms with E-state index in [1.54, 1.807) is 24.5 Å². The van der Waals surface area contributed by atoms with Gasteiger partial charge in [-0.3, -0.25) is 9.78 Å². The Labute approximate surface area is 113 Å². The van der Waals surface area contributed by atoms with Crippen LogP contribution in [0.5, 0.6) is 0 Å². The minimum absolute atomic E-state index is 0.0989. The molecule has 1 atom stereocenters.